The van der Waals surface area contributed by atoms with E-state index in [4.69, 9.17) is 9.47 Å². The van der Waals surface area contributed by atoms with Crippen LogP contribution in [0.4, 0.5) is 0 Å². The van der Waals surface area contributed by atoms with Gasteiger partial charge in [-0.05, 0) is 36.4 Å². The Bertz CT molecular complexity index is 677. The molecular weight excluding hydrogens is 416 g/mol. The van der Waals surface area contributed by atoms with Crippen molar-refractivity contribution in [1.82, 2.24) is 0 Å². The van der Waals surface area contributed by atoms with Crippen molar-refractivity contribution in [1.29, 1.82) is 0 Å². The van der Waals surface area contributed by atoms with Gasteiger partial charge in [-0.25, -0.2) is 0 Å². The van der Waals surface area contributed by atoms with E-state index in [0.29, 0.717) is 20.4 Å². The average molecular weight is 428 g/mol. The van der Waals surface area contributed by atoms with Crippen molar-refractivity contribution >= 4 is 43.4 Å². The number of hydrogen-bond acceptors (Lipinski definition) is 4. The first-order valence-corrected chi connectivity index (χ1v) is 7.82. The molecule has 0 spiro atoms. The van der Waals surface area contributed by atoms with Crippen molar-refractivity contribution < 1.29 is 19.1 Å². The van der Waals surface area contributed by atoms with Gasteiger partial charge >= 0.3 is 0 Å². The third-order valence-corrected chi connectivity index (χ3v) is 4.01. The fraction of sp³-hybridized carbons (Fsp3) is 0.125. The van der Waals surface area contributed by atoms with Gasteiger partial charge < -0.3 is 9.47 Å². The average Bonchev–Trinajstić information content (AvgIpc) is 2.53. The first-order valence-electron chi connectivity index (χ1n) is 6.24. The lowest BCUT2D eigenvalue weighted by molar-refractivity contribution is 0.0813. The van der Waals surface area contributed by atoms with Gasteiger partial charge in [0.05, 0.1) is 25.3 Å². The molecule has 0 amide bonds. The van der Waals surface area contributed by atoms with Gasteiger partial charge in [0.25, 0.3) is 0 Å². The summed E-state index contributed by atoms with van der Waals surface area (Å²) in [5.74, 6) is -0.630. The monoisotopic (exact) mass is 426 g/mol. The van der Waals surface area contributed by atoms with Gasteiger partial charge in [0.2, 0.25) is 11.6 Å². The maximum atomic E-state index is 12.5. The van der Waals surface area contributed by atoms with Crippen molar-refractivity contribution in [3.05, 3.63) is 56.5 Å². The van der Waals surface area contributed by atoms with E-state index in [1.165, 1.54) is 14.2 Å². The van der Waals surface area contributed by atoms with Crippen LogP contribution in [0.3, 0.4) is 0 Å². The molecule has 2 aromatic rings. The highest BCUT2D eigenvalue weighted by atomic mass is 79.9. The predicted molar refractivity (Wildman–Crippen MR) is 90.0 cm³/mol. The van der Waals surface area contributed by atoms with Crippen LogP contribution in [0.25, 0.3) is 0 Å². The molecule has 0 aromatic heterocycles. The van der Waals surface area contributed by atoms with Crippen LogP contribution in [0.1, 0.15) is 20.7 Å². The number of carbonyl (C=O) groups excluding carboxylic acids is 2. The summed E-state index contributed by atoms with van der Waals surface area (Å²) in [5.41, 5.74) is 0.396. The van der Waals surface area contributed by atoms with Crippen LogP contribution in [0.2, 0.25) is 0 Å². The second kappa shape index (κ2) is 7.07. The number of Topliss-reactive ketones (excluding diaryl/α,β-unsaturated/α-hetero) is 2. The zero-order chi connectivity index (χ0) is 16.3. The Morgan fingerprint density at radius 1 is 0.773 bits per heavy atom. The molecule has 0 fully saturated rings. The molecule has 4 nitrogen and oxygen atoms in total. The van der Waals surface area contributed by atoms with Crippen LogP contribution in [0, 0.1) is 0 Å². The molecule has 0 heterocycles. The van der Waals surface area contributed by atoms with E-state index in [1.807, 2.05) is 0 Å². The Morgan fingerprint density at radius 3 is 1.45 bits per heavy atom. The Labute approximate surface area is 144 Å². The zero-order valence-corrected chi connectivity index (χ0v) is 15.0. The van der Waals surface area contributed by atoms with Gasteiger partial charge in [0, 0.05) is 8.95 Å². The molecule has 114 valence electrons. The number of ketones is 2. The number of hydrogen-bond donors (Lipinski definition) is 0. The molecule has 2 rings (SSSR count). The molecule has 2 aromatic carbocycles. The Morgan fingerprint density at radius 2 is 1.14 bits per heavy atom. The van der Waals surface area contributed by atoms with Gasteiger partial charge in [-0.3, -0.25) is 9.59 Å². The van der Waals surface area contributed by atoms with Crippen LogP contribution in [-0.2, 0) is 0 Å². The van der Waals surface area contributed by atoms with Gasteiger partial charge in [0.15, 0.2) is 0 Å². The van der Waals surface area contributed by atoms with E-state index in [9.17, 15) is 9.59 Å². The summed E-state index contributed by atoms with van der Waals surface area (Å²) in [6.45, 7) is 0. The van der Waals surface area contributed by atoms with Gasteiger partial charge in [-0.15, -0.1) is 0 Å². The SMILES string of the molecule is COc1ccc(Br)cc1C(=O)C(=O)c1cc(Br)ccc1OC. The van der Waals surface area contributed by atoms with E-state index in [-0.39, 0.29) is 11.1 Å². The number of carbonyl (C=O) groups is 2. The van der Waals surface area contributed by atoms with Crippen molar-refractivity contribution in [3.8, 4) is 11.5 Å². The molecule has 6 heteroatoms. The van der Waals surface area contributed by atoms with Gasteiger partial charge in [0.1, 0.15) is 11.5 Å². The predicted octanol–water partition coefficient (Wildman–Crippen LogP) is 4.29. The normalized spacial score (nSPS) is 10.2. The van der Waals surface area contributed by atoms with Gasteiger partial charge in [-0.2, -0.15) is 0 Å². The Balaban J connectivity index is 2.48. The summed E-state index contributed by atoms with van der Waals surface area (Å²) in [6, 6.07) is 9.85. The molecule has 0 atom stereocenters. The number of benzene rings is 2. The van der Waals surface area contributed by atoms with Crippen LogP contribution < -0.4 is 9.47 Å². The van der Waals surface area contributed by atoms with E-state index < -0.39 is 11.6 Å². The lowest BCUT2D eigenvalue weighted by Gasteiger charge is -2.10. The summed E-state index contributed by atoms with van der Waals surface area (Å²) >= 11 is 6.58. The van der Waals surface area contributed by atoms with Crippen LogP contribution >= 0.6 is 31.9 Å². The summed E-state index contributed by atoms with van der Waals surface area (Å²) in [4.78, 5) is 25.1. The minimum atomic E-state index is -0.658. The number of halogens is 2. The van der Waals surface area contributed by atoms with Crippen LogP contribution in [0.5, 0.6) is 11.5 Å². The summed E-state index contributed by atoms with van der Waals surface area (Å²) in [6.07, 6.45) is 0. The maximum absolute atomic E-state index is 12.5. The molecule has 0 bridgehead atoms. The molecule has 0 aliphatic rings. The Hall–Kier alpha value is -1.66. The van der Waals surface area contributed by atoms with E-state index in [0.717, 1.165) is 0 Å². The highest BCUT2D eigenvalue weighted by Crippen LogP contribution is 2.28. The molecule has 0 radical (unpaired) electrons. The minimum absolute atomic E-state index is 0.198. The lowest BCUT2D eigenvalue weighted by atomic mass is 10.00. The fourth-order valence-corrected chi connectivity index (χ4v) is 2.68. The molecule has 0 aliphatic heterocycles. The van der Waals surface area contributed by atoms with Crippen molar-refractivity contribution in [2.45, 2.75) is 0 Å². The summed E-state index contributed by atoms with van der Waals surface area (Å²) < 4.78 is 11.7. The number of methoxy groups -OCH3 is 2. The van der Waals surface area contributed by atoms with Crippen LogP contribution in [-0.4, -0.2) is 25.8 Å². The fourth-order valence-electron chi connectivity index (χ4n) is 1.96. The smallest absolute Gasteiger partial charge is 0.237 e. The summed E-state index contributed by atoms with van der Waals surface area (Å²) in [7, 11) is 2.90. The highest BCUT2D eigenvalue weighted by Gasteiger charge is 2.25. The molecule has 0 unspecified atom stereocenters. The first-order chi connectivity index (χ1) is 10.5. The second-order valence-corrected chi connectivity index (χ2v) is 6.18. The zero-order valence-electron chi connectivity index (χ0n) is 11.9. The standard InChI is InChI=1S/C16H12Br2O4/c1-21-13-5-3-9(17)7-11(13)15(19)16(20)12-8-10(18)4-6-14(12)22-2/h3-8H,1-2H3. The van der Waals surface area contributed by atoms with Crippen molar-refractivity contribution in [2.75, 3.05) is 14.2 Å². The van der Waals surface area contributed by atoms with Crippen molar-refractivity contribution in [3.63, 3.8) is 0 Å². The Kier molecular flexibility index (Phi) is 5.37. The molecule has 0 N–H and O–H groups in total. The molecule has 0 saturated carbocycles. The quantitative estimate of drug-likeness (QED) is 0.527. The molecule has 0 aliphatic carbocycles. The van der Waals surface area contributed by atoms with Gasteiger partial charge in [-0.1, -0.05) is 31.9 Å². The second-order valence-electron chi connectivity index (χ2n) is 4.35. The van der Waals surface area contributed by atoms with Crippen LogP contribution in [0.15, 0.2) is 45.3 Å². The number of ether oxygens (including phenoxy) is 2. The minimum Gasteiger partial charge on any atom is -0.496 e. The number of rotatable bonds is 5. The third-order valence-electron chi connectivity index (χ3n) is 3.02. The maximum Gasteiger partial charge on any atom is 0.237 e. The largest absolute Gasteiger partial charge is 0.496 e. The highest BCUT2D eigenvalue weighted by molar-refractivity contribution is 9.10. The lowest BCUT2D eigenvalue weighted by Crippen LogP contribution is -2.16. The molecular formula is C16H12Br2O4. The molecule has 0 saturated heterocycles. The first kappa shape index (κ1) is 16.7. The van der Waals surface area contributed by atoms with Crippen molar-refractivity contribution in [2.24, 2.45) is 0 Å². The third kappa shape index (κ3) is 3.39. The van der Waals surface area contributed by atoms with E-state index in [1.54, 1.807) is 36.4 Å². The topological polar surface area (TPSA) is 52.6 Å². The van der Waals surface area contributed by atoms with E-state index in [2.05, 4.69) is 31.9 Å². The van der Waals surface area contributed by atoms with E-state index >= 15 is 0 Å². The molecule has 22 heavy (non-hydrogen) atoms. The summed E-state index contributed by atoms with van der Waals surface area (Å²) in [5, 5.41) is 0.